The molecule has 0 radical (unpaired) electrons. The average molecular weight is 383 g/mol. The lowest BCUT2D eigenvalue weighted by Gasteiger charge is -2.11. The van der Waals surface area contributed by atoms with Gasteiger partial charge in [0, 0.05) is 40.9 Å². The monoisotopic (exact) mass is 383 g/mol. The van der Waals surface area contributed by atoms with Gasteiger partial charge in [0.1, 0.15) is 0 Å². The Morgan fingerprint density at radius 3 is 2.66 bits per heavy atom. The zero-order valence-corrected chi connectivity index (χ0v) is 15.9. The Morgan fingerprint density at radius 2 is 1.90 bits per heavy atom. The molecular weight excluding hydrogens is 362 g/mol. The first kappa shape index (κ1) is 17.5. The normalized spacial score (nSPS) is 13.5. The zero-order valence-electron chi connectivity index (χ0n) is 15.9. The summed E-state index contributed by atoms with van der Waals surface area (Å²) in [5.41, 5.74) is 4.71. The van der Waals surface area contributed by atoms with E-state index in [1.165, 1.54) is 5.56 Å². The molecule has 0 amide bonds. The summed E-state index contributed by atoms with van der Waals surface area (Å²) in [6.45, 7) is 0.812. The van der Waals surface area contributed by atoms with Crippen molar-refractivity contribution >= 4 is 28.2 Å². The van der Waals surface area contributed by atoms with Gasteiger partial charge in [0.2, 0.25) is 0 Å². The molecule has 2 heterocycles. The van der Waals surface area contributed by atoms with Crippen molar-refractivity contribution in [3.05, 3.63) is 89.9 Å². The van der Waals surface area contributed by atoms with E-state index < -0.39 is 5.97 Å². The topological polar surface area (TPSA) is 67.2 Å². The van der Waals surface area contributed by atoms with Gasteiger partial charge in [-0.1, -0.05) is 30.3 Å². The number of pyridine rings is 1. The molecule has 0 bridgehead atoms. The van der Waals surface area contributed by atoms with Crippen LogP contribution in [0.15, 0.2) is 72.9 Å². The Bertz CT molecular complexity index is 1190. The fourth-order valence-corrected chi connectivity index (χ4v) is 3.70. The molecule has 0 unspecified atom stereocenters. The van der Waals surface area contributed by atoms with Crippen molar-refractivity contribution < 1.29 is 9.90 Å². The molecule has 1 aliphatic rings. The molecule has 29 heavy (non-hydrogen) atoms. The van der Waals surface area contributed by atoms with Gasteiger partial charge in [0.25, 0.3) is 0 Å². The Labute approximate surface area is 168 Å². The van der Waals surface area contributed by atoms with Gasteiger partial charge in [0.15, 0.2) is 5.69 Å². The quantitative estimate of drug-likeness (QED) is 0.468. The lowest BCUT2D eigenvalue weighted by atomic mass is 10.2. The molecule has 0 saturated heterocycles. The van der Waals surface area contributed by atoms with Crippen LogP contribution in [-0.4, -0.2) is 20.6 Å². The van der Waals surface area contributed by atoms with Crippen LogP contribution in [0.25, 0.3) is 10.9 Å². The Morgan fingerprint density at radius 1 is 1.07 bits per heavy atom. The standard InChI is InChI=1S/C24H21N3O2/c28-24(29)23-21(10-9-20(26-23)17-6-7-17)25-19-8-11-22-18(14-19)12-13-27(22)15-16-4-2-1-3-5-16/h1-5,8-14,17,25H,6-7,15H2,(H,28,29). The van der Waals surface area contributed by atoms with Crippen molar-refractivity contribution in [2.24, 2.45) is 0 Å². The summed E-state index contributed by atoms with van der Waals surface area (Å²) >= 11 is 0. The second kappa shape index (κ2) is 7.09. The minimum absolute atomic E-state index is 0.0798. The maximum absolute atomic E-state index is 11.7. The first-order chi connectivity index (χ1) is 14.2. The fraction of sp³-hybridized carbons (Fsp3) is 0.167. The van der Waals surface area contributed by atoms with Crippen molar-refractivity contribution in [2.75, 3.05) is 5.32 Å². The van der Waals surface area contributed by atoms with Crippen LogP contribution in [0, 0.1) is 0 Å². The number of hydrogen-bond acceptors (Lipinski definition) is 3. The number of aromatic carboxylic acids is 1. The van der Waals surface area contributed by atoms with E-state index in [9.17, 15) is 9.90 Å². The van der Waals surface area contributed by atoms with Gasteiger partial charge in [0.05, 0.1) is 5.69 Å². The highest BCUT2D eigenvalue weighted by atomic mass is 16.4. The molecule has 0 aliphatic heterocycles. The second-order valence-corrected chi connectivity index (χ2v) is 7.54. The Balaban J connectivity index is 1.42. The van der Waals surface area contributed by atoms with Crippen LogP contribution in [0.5, 0.6) is 0 Å². The third-order valence-corrected chi connectivity index (χ3v) is 5.36. The third kappa shape index (κ3) is 3.59. The first-order valence-electron chi connectivity index (χ1n) is 9.81. The van der Waals surface area contributed by atoms with E-state index in [0.29, 0.717) is 11.6 Å². The number of anilines is 2. The van der Waals surface area contributed by atoms with Gasteiger partial charge in [-0.05, 0) is 54.8 Å². The molecule has 1 aliphatic carbocycles. The van der Waals surface area contributed by atoms with Crippen molar-refractivity contribution in [2.45, 2.75) is 25.3 Å². The Kier molecular flexibility index (Phi) is 4.28. The smallest absolute Gasteiger partial charge is 0.356 e. The second-order valence-electron chi connectivity index (χ2n) is 7.54. The van der Waals surface area contributed by atoms with Crippen molar-refractivity contribution in [3.63, 3.8) is 0 Å². The van der Waals surface area contributed by atoms with Crippen LogP contribution >= 0.6 is 0 Å². The number of carboxylic acid groups (broad SMARTS) is 1. The molecule has 5 heteroatoms. The highest BCUT2D eigenvalue weighted by Crippen LogP contribution is 2.39. The highest BCUT2D eigenvalue weighted by Gasteiger charge is 2.26. The van der Waals surface area contributed by atoms with Crippen LogP contribution < -0.4 is 5.32 Å². The van der Waals surface area contributed by atoms with Crippen LogP contribution in [0.3, 0.4) is 0 Å². The number of nitrogens with zero attached hydrogens (tertiary/aromatic N) is 2. The van der Waals surface area contributed by atoms with E-state index >= 15 is 0 Å². The van der Waals surface area contributed by atoms with Crippen molar-refractivity contribution in [3.8, 4) is 0 Å². The molecule has 4 aromatic rings. The lowest BCUT2D eigenvalue weighted by molar-refractivity contribution is 0.0691. The number of rotatable bonds is 6. The maximum Gasteiger partial charge on any atom is 0.356 e. The number of hydrogen-bond donors (Lipinski definition) is 2. The average Bonchev–Trinajstić information content (AvgIpc) is 3.51. The van der Waals surface area contributed by atoms with Crippen molar-refractivity contribution in [1.29, 1.82) is 0 Å². The molecule has 2 N–H and O–H groups in total. The molecule has 2 aromatic heterocycles. The van der Waals surface area contributed by atoms with Crippen LogP contribution in [0.1, 0.15) is 40.5 Å². The van der Waals surface area contributed by atoms with Crippen molar-refractivity contribution in [1.82, 2.24) is 9.55 Å². The van der Waals surface area contributed by atoms with E-state index in [2.05, 4.69) is 45.3 Å². The molecule has 2 aromatic carbocycles. The van der Waals surface area contributed by atoms with Gasteiger partial charge < -0.3 is 15.0 Å². The fourth-order valence-electron chi connectivity index (χ4n) is 3.70. The van der Waals surface area contributed by atoms with E-state index in [1.807, 2.05) is 42.5 Å². The van der Waals surface area contributed by atoms with E-state index in [0.717, 1.165) is 41.7 Å². The molecule has 5 rings (SSSR count). The number of benzene rings is 2. The predicted molar refractivity (Wildman–Crippen MR) is 114 cm³/mol. The number of fused-ring (bicyclic) bond motifs is 1. The summed E-state index contributed by atoms with van der Waals surface area (Å²) < 4.78 is 2.21. The number of carbonyl (C=O) groups is 1. The summed E-state index contributed by atoms with van der Waals surface area (Å²) in [5, 5.41) is 13.9. The zero-order chi connectivity index (χ0) is 19.8. The van der Waals surface area contributed by atoms with E-state index in [1.54, 1.807) is 0 Å². The summed E-state index contributed by atoms with van der Waals surface area (Å²) in [7, 11) is 0. The van der Waals surface area contributed by atoms with E-state index in [4.69, 9.17) is 0 Å². The van der Waals surface area contributed by atoms with Crippen LogP contribution in [-0.2, 0) is 6.54 Å². The maximum atomic E-state index is 11.7. The molecule has 1 saturated carbocycles. The minimum atomic E-state index is -1.01. The van der Waals surface area contributed by atoms with Gasteiger partial charge in [-0.15, -0.1) is 0 Å². The number of nitrogens with one attached hydrogen (secondary N) is 1. The summed E-state index contributed by atoms with van der Waals surface area (Å²) in [6.07, 6.45) is 4.26. The van der Waals surface area contributed by atoms with Gasteiger partial charge in [-0.3, -0.25) is 0 Å². The molecular formula is C24H21N3O2. The largest absolute Gasteiger partial charge is 0.476 e. The van der Waals surface area contributed by atoms with Gasteiger partial charge >= 0.3 is 5.97 Å². The third-order valence-electron chi connectivity index (χ3n) is 5.36. The first-order valence-corrected chi connectivity index (χ1v) is 9.81. The number of aromatic nitrogens is 2. The number of carboxylic acids is 1. The van der Waals surface area contributed by atoms with Crippen LogP contribution in [0.2, 0.25) is 0 Å². The summed E-state index contributed by atoms with van der Waals surface area (Å²) in [5.74, 6) is -0.590. The molecule has 5 nitrogen and oxygen atoms in total. The van der Waals surface area contributed by atoms with Gasteiger partial charge in [-0.25, -0.2) is 9.78 Å². The summed E-state index contributed by atoms with van der Waals surface area (Å²) in [4.78, 5) is 16.1. The molecule has 144 valence electrons. The van der Waals surface area contributed by atoms with E-state index in [-0.39, 0.29) is 5.69 Å². The van der Waals surface area contributed by atoms with Crippen LogP contribution in [0.4, 0.5) is 11.4 Å². The summed E-state index contributed by atoms with van der Waals surface area (Å²) in [6, 6.07) is 22.3. The molecule has 0 atom stereocenters. The molecule has 0 spiro atoms. The predicted octanol–water partition coefficient (Wildman–Crippen LogP) is 5.40. The Hall–Kier alpha value is -3.60. The van der Waals surface area contributed by atoms with Gasteiger partial charge in [-0.2, -0.15) is 0 Å². The molecule has 1 fully saturated rings. The lowest BCUT2D eigenvalue weighted by Crippen LogP contribution is -2.07. The highest BCUT2D eigenvalue weighted by molar-refractivity contribution is 5.94. The minimum Gasteiger partial charge on any atom is -0.476 e. The SMILES string of the molecule is O=C(O)c1nc(C2CC2)ccc1Nc1ccc2c(ccn2Cc2ccccc2)c1.